The average Bonchev–Trinajstić information content (AvgIpc) is 3.54. The standard InChI is InChI=1S/C22H21N7O2S/c1-31-20-13-23-12-19(26-20)27-7-9-28(10-8-27)22(30)18-15-32-21(25-18)16-11-24-29(14-16)17-5-3-2-4-6-17/h2-6,11-15H,7-10H2,1H3. The van der Waals surface area contributed by atoms with E-state index in [0.29, 0.717) is 37.8 Å². The Kier molecular flexibility index (Phi) is 5.51. The third-order valence-corrected chi connectivity index (χ3v) is 6.16. The molecule has 1 fully saturated rings. The van der Waals surface area contributed by atoms with Crippen molar-refractivity contribution in [2.45, 2.75) is 0 Å². The molecule has 32 heavy (non-hydrogen) atoms. The lowest BCUT2D eigenvalue weighted by Gasteiger charge is -2.34. The molecule has 5 rings (SSSR count). The Labute approximate surface area is 188 Å². The Bertz CT molecular complexity index is 1220. The highest BCUT2D eigenvalue weighted by molar-refractivity contribution is 7.13. The largest absolute Gasteiger partial charge is 0.480 e. The van der Waals surface area contributed by atoms with Crippen LogP contribution in [0.4, 0.5) is 5.82 Å². The first-order valence-electron chi connectivity index (χ1n) is 10.2. The number of piperazine rings is 1. The van der Waals surface area contributed by atoms with Gasteiger partial charge in [0.2, 0.25) is 5.88 Å². The molecule has 0 N–H and O–H groups in total. The molecule has 0 aliphatic carbocycles. The normalized spacial score (nSPS) is 13.9. The number of amides is 1. The molecule has 1 amide bonds. The second-order valence-electron chi connectivity index (χ2n) is 7.25. The predicted molar refractivity (Wildman–Crippen MR) is 121 cm³/mol. The van der Waals surface area contributed by atoms with Crippen LogP contribution in [0.25, 0.3) is 16.3 Å². The second kappa shape index (κ2) is 8.75. The smallest absolute Gasteiger partial charge is 0.273 e. The number of aromatic nitrogens is 5. The fourth-order valence-corrected chi connectivity index (χ4v) is 4.32. The highest BCUT2D eigenvalue weighted by Crippen LogP contribution is 2.25. The summed E-state index contributed by atoms with van der Waals surface area (Å²) < 4.78 is 6.95. The van der Waals surface area contributed by atoms with Gasteiger partial charge in [-0.1, -0.05) is 18.2 Å². The number of ether oxygens (including phenoxy) is 1. The summed E-state index contributed by atoms with van der Waals surface area (Å²) in [6.07, 6.45) is 6.99. The van der Waals surface area contributed by atoms with Gasteiger partial charge >= 0.3 is 0 Å². The van der Waals surface area contributed by atoms with E-state index in [2.05, 4.69) is 25.0 Å². The lowest BCUT2D eigenvalue weighted by Crippen LogP contribution is -2.49. The van der Waals surface area contributed by atoms with Gasteiger partial charge in [0.25, 0.3) is 5.91 Å². The van der Waals surface area contributed by atoms with E-state index >= 15 is 0 Å². The molecule has 0 bridgehead atoms. The molecule has 3 aromatic heterocycles. The van der Waals surface area contributed by atoms with Crippen molar-refractivity contribution in [2.24, 2.45) is 0 Å². The number of nitrogens with zero attached hydrogens (tertiary/aromatic N) is 7. The van der Waals surface area contributed by atoms with E-state index in [1.54, 1.807) is 30.4 Å². The van der Waals surface area contributed by atoms with Crippen LogP contribution in [0, 0.1) is 0 Å². The predicted octanol–water partition coefficient (Wildman–Crippen LogP) is 2.76. The van der Waals surface area contributed by atoms with E-state index in [0.717, 1.165) is 22.1 Å². The SMILES string of the molecule is COc1cncc(N2CCN(C(=O)c3csc(-c4cnn(-c5ccccc5)c4)n3)CC2)n1. The topological polar surface area (TPSA) is 89.3 Å². The Morgan fingerprint density at radius 3 is 2.62 bits per heavy atom. The highest BCUT2D eigenvalue weighted by atomic mass is 32.1. The molecule has 0 atom stereocenters. The van der Waals surface area contributed by atoms with Gasteiger partial charge in [-0.2, -0.15) is 10.1 Å². The Morgan fingerprint density at radius 2 is 1.84 bits per heavy atom. The summed E-state index contributed by atoms with van der Waals surface area (Å²) in [7, 11) is 1.57. The minimum absolute atomic E-state index is 0.0562. The molecule has 4 heterocycles. The molecule has 1 aliphatic rings. The number of thiazole rings is 1. The number of para-hydroxylation sites is 1. The molecule has 1 aromatic carbocycles. The first-order valence-corrected chi connectivity index (χ1v) is 11.1. The van der Waals surface area contributed by atoms with Crippen molar-refractivity contribution in [3.05, 3.63) is 66.2 Å². The Morgan fingerprint density at radius 1 is 1.03 bits per heavy atom. The van der Waals surface area contributed by atoms with Crippen LogP contribution in [0.2, 0.25) is 0 Å². The van der Waals surface area contributed by atoms with E-state index < -0.39 is 0 Å². The van der Waals surface area contributed by atoms with Crippen molar-refractivity contribution in [1.29, 1.82) is 0 Å². The maximum atomic E-state index is 13.0. The van der Waals surface area contributed by atoms with Crippen molar-refractivity contribution in [1.82, 2.24) is 29.6 Å². The van der Waals surface area contributed by atoms with Crippen molar-refractivity contribution >= 4 is 23.1 Å². The first-order chi connectivity index (χ1) is 15.7. The second-order valence-corrected chi connectivity index (χ2v) is 8.10. The average molecular weight is 448 g/mol. The molecule has 10 heteroatoms. The first kappa shape index (κ1) is 20.1. The van der Waals surface area contributed by atoms with Crippen molar-refractivity contribution in [3.8, 4) is 22.1 Å². The zero-order valence-electron chi connectivity index (χ0n) is 17.5. The van der Waals surface area contributed by atoms with Crippen LogP contribution < -0.4 is 9.64 Å². The van der Waals surface area contributed by atoms with Crippen LogP contribution in [0.1, 0.15) is 10.5 Å². The summed E-state index contributed by atoms with van der Waals surface area (Å²) in [5, 5.41) is 7.01. The van der Waals surface area contributed by atoms with Crippen LogP contribution >= 0.6 is 11.3 Å². The molecular formula is C22H21N7O2S. The number of carbonyl (C=O) groups is 1. The molecule has 162 valence electrons. The molecule has 1 aliphatic heterocycles. The number of hydrogen-bond donors (Lipinski definition) is 0. The minimum Gasteiger partial charge on any atom is -0.480 e. The summed E-state index contributed by atoms with van der Waals surface area (Å²) in [5.41, 5.74) is 2.33. The van der Waals surface area contributed by atoms with Gasteiger partial charge in [0.15, 0.2) is 5.82 Å². The summed E-state index contributed by atoms with van der Waals surface area (Å²) in [6, 6.07) is 9.89. The van der Waals surface area contributed by atoms with Gasteiger partial charge in [-0.05, 0) is 12.1 Å². The van der Waals surface area contributed by atoms with Crippen molar-refractivity contribution < 1.29 is 9.53 Å². The van der Waals surface area contributed by atoms with Gasteiger partial charge in [0, 0.05) is 43.3 Å². The quantitative estimate of drug-likeness (QED) is 0.465. The number of benzene rings is 1. The van der Waals surface area contributed by atoms with Gasteiger partial charge in [0.1, 0.15) is 10.7 Å². The third-order valence-electron chi connectivity index (χ3n) is 5.27. The van der Waals surface area contributed by atoms with Crippen LogP contribution in [-0.2, 0) is 0 Å². The highest BCUT2D eigenvalue weighted by Gasteiger charge is 2.25. The summed E-state index contributed by atoms with van der Waals surface area (Å²) in [6.45, 7) is 2.54. The minimum atomic E-state index is -0.0562. The van der Waals surface area contributed by atoms with E-state index in [4.69, 9.17) is 4.74 Å². The Hall–Kier alpha value is -3.79. The van der Waals surface area contributed by atoms with Gasteiger partial charge in [0.05, 0.1) is 31.4 Å². The summed E-state index contributed by atoms with van der Waals surface area (Å²) >= 11 is 1.45. The molecule has 0 spiro atoms. The molecule has 4 aromatic rings. The van der Waals surface area contributed by atoms with Gasteiger partial charge in [-0.25, -0.2) is 9.67 Å². The monoisotopic (exact) mass is 447 g/mol. The van der Waals surface area contributed by atoms with Crippen molar-refractivity contribution in [2.75, 3.05) is 38.2 Å². The third kappa shape index (κ3) is 4.04. The molecule has 1 saturated heterocycles. The fraction of sp³-hybridized carbons (Fsp3) is 0.227. The molecule has 0 radical (unpaired) electrons. The number of methoxy groups -OCH3 is 1. The van der Waals surface area contributed by atoms with Crippen LogP contribution in [0.15, 0.2) is 60.5 Å². The van der Waals surface area contributed by atoms with E-state index in [1.165, 1.54) is 11.3 Å². The zero-order chi connectivity index (χ0) is 21.9. The number of rotatable bonds is 5. The molecule has 9 nitrogen and oxygen atoms in total. The summed E-state index contributed by atoms with van der Waals surface area (Å²) in [5.74, 6) is 1.17. The maximum absolute atomic E-state index is 13.0. The van der Waals surface area contributed by atoms with E-state index in [1.807, 2.05) is 46.8 Å². The number of carbonyl (C=O) groups excluding carboxylic acids is 1. The van der Waals surface area contributed by atoms with E-state index in [9.17, 15) is 4.79 Å². The number of anilines is 1. The lowest BCUT2D eigenvalue weighted by atomic mass is 10.3. The maximum Gasteiger partial charge on any atom is 0.273 e. The molecule has 0 saturated carbocycles. The fourth-order valence-electron chi connectivity index (χ4n) is 3.55. The van der Waals surface area contributed by atoms with Gasteiger partial charge in [-0.3, -0.25) is 9.78 Å². The van der Waals surface area contributed by atoms with Gasteiger partial charge < -0.3 is 14.5 Å². The van der Waals surface area contributed by atoms with Crippen LogP contribution in [-0.4, -0.2) is 68.8 Å². The zero-order valence-corrected chi connectivity index (χ0v) is 18.3. The molecular weight excluding hydrogens is 426 g/mol. The summed E-state index contributed by atoms with van der Waals surface area (Å²) in [4.78, 5) is 30.1. The van der Waals surface area contributed by atoms with Gasteiger partial charge in [-0.15, -0.1) is 11.3 Å². The van der Waals surface area contributed by atoms with Crippen LogP contribution in [0.3, 0.4) is 0 Å². The van der Waals surface area contributed by atoms with E-state index in [-0.39, 0.29) is 5.91 Å². The molecule has 0 unspecified atom stereocenters. The number of hydrogen-bond acceptors (Lipinski definition) is 8. The van der Waals surface area contributed by atoms with Crippen LogP contribution in [0.5, 0.6) is 5.88 Å². The Balaban J connectivity index is 1.24. The lowest BCUT2D eigenvalue weighted by molar-refractivity contribution is 0.0741. The van der Waals surface area contributed by atoms with Crippen molar-refractivity contribution in [3.63, 3.8) is 0 Å².